The van der Waals surface area contributed by atoms with Crippen LogP contribution in [0, 0.1) is 0 Å². The van der Waals surface area contributed by atoms with Crippen molar-refractivity contribution in [2.45, 2.75) is 57.9 Å². The highest BCUT2D eigenvalue weighted by Gasteiger charge is 2.58. The molecule has 1 amide bonds. The molecule has 240 valence electrons. The maximum absolute atomic E-state index is 14.2. The number of fused-ring (bicyclic) bond motifs is 2. The van der Waals surface area contributed by atoms with Crippen LogP contribution in [0.2, 0.25) is 0 Å². The zero-order valence-corrected chi connectivity index (χ0v) is 26.9. The number of anilines is 2. The first kappa shape index (κ1) is 31.7. The Morgan fingerprint density at radius 2 is 1.63 bits per heavy atom. The number of ether oxygens (including phenoxy) is 3. The average Bonchev–Trinajstić information content (AvgIpc) is 3.67. The number of carbonyl (C=O) groups excluding carboxylic acids is 2. The maximum Gasteiger partial charge on any atom is 0.337 e. The van der Waals surface area contributed by atoms with Crippen molar-refractivity contribution in [3.63, 3.8) is 0 Å². The zero-order valence-electron chi connectivity index (χ0n) is 26.9. The summed E-state index contributed by atoms with van der Waals surface area (Å²) in [7, 11) is 0. The van der Waals surface area contributed by atoms with Gasteiger partial charge in [0.05, 0.1) is 37.0 Å². The van der Waals surface area contributed by atoms with Crippen molar-refractivity contribution in [1.29, 1.82) is 0 Å². The average molecular weight is 622 g/mol. The van der Waals surface area contributed by atoms with Gasteiger partial charge in [-0.25, -0.2) is 4.79 Å². The molecule has 0 aliphatic carbocycles. The fourth-order valence-electron chi connectivity index (χ4n) is 6.75. The lowest BCUT2D eigenvalue weighted by Crippen LogP contribution is -2.42. The van der Waals surface area contributed by atoms with E-state index >= 15 is 0 Å². The molecule has 3 aromatic rings. The normalized spacial score (nSPS) is 21.3. The molecule has 8 heteroatoms. The molecule has 0 aromatic heterocycles. The fourth-order valence-corrected chi connectivity index (χ4v) is 6.75. The lowest BCUT2D eigenvalue weighted by molar-refractivity contribution is -0.140. The molecular weight excluding hydrogens is 578 g/mol. The van der Waals surface area contributed by atoms with Crippen LogP contribution >= 0.6 is 0 Å². The molecule has 0 unspecified atom stereocenters. The second-order valence-corrected chi connectivity index (χ2v) is 11.9. The van der Waals surface area contributed by atoms with E-state index in [0.717, 1.165) is 73.8 Å². The van der Waals surface area contributed by atoms with Gasteiger partial charge in [0, 0.05) is 31.0 Å². The summed E-state index contributed by atoms with van der Waals surface area (Å²) in [5.41, 5.74) is 5.11. The largest absolute Gasteiger partial charge is 0.463 e. The molecule has 2 bridgehead atoms. The summed E-state index contributed by atoms with van der Waals surface area (Å²) in [6.07, 6.45) is 4.64. The van der Waals surface area contributed by atoms with Crippen LogP contribution in [-0.4, -0.2) is 61.4 Å². The minimum Gasteiger partial charge on any atom is -0.463 e. The first-order valence-corrected chi connectivity index (χ1v) is 16.4. The van der Waals surface area contributed by atoms with Crippen molar-refractivity contribution in [3.8, 4) is 0 Å². The van der Waals surface area contributed by atoms with E-state index in [1.165, 1.54) is 5.56 Å². The van der Waals surface area contributed by atoms with E-state index < -0.39 is 23.7 Å². The lowest BCUT2D eigenvalue weighted by Gasteiger charge is -2.36. The number of amides is 1. The summed E-state index contributed by atoms with van der Waals surface area (Å²) in [5, 5.41) is 6.83. The molecule has 0 radical (unpaired) electrons. The molecule has 0 saturated carbocycles. The molecule has 3 atom stereocenters. The molecule has 46 heavy (non-hydrogen) atoms. The SMILES string of the molecule is CCOC(=O)C1=C(C(=O)Nc2c(CC)cccc2CC)[C@@H]2C=C[C@@]1([C@H](Nc1ccccc1)c1ccc(CN3CCOCC3)cc1)O2. The van der Waals surface area contributed by atoms with Crippen molar-refractivity contribution < 1.29 is 23.8 Å². The third-order valence-corrected chi connectivity index (χ3v) is 9.08. The molecule has 3 heterocycles. The number of hydrogen-bond acceptors (Lipinski definition) is 7. The predicted molar refractivity (Wildman–Crippen MR) is 180 cm³/mol. The number of aryl methyl sites for hydroxylation is 2. The summed E-state index contributed by atoms with van der Waals surface area (Å²) in [5.74, 6) is -0.906. The molecule has 3 aliphatic rings. The monoisotopic (exact) mass is 621 g/mol. The Morgan fingerprint density at radius 3 is 2.28 bits per heavy atom. The van der Waals surface area contributed by atoms with Crippen LogP contribution in [0.5, 0.6) is 0 Å². The molecule has 2 N–H and O–H groups in total. The van der Waals surface area contributed by atoms with Crippen LogP contribution in [0.4, 0.5) is 11.4 Å². The van der Waals surface area contributed by atoms with Crippen molar-refractivity contribution in [2.24, 2.45) is 0 Å². The Kier molecular flexibility index (Phi) is 9.68. The first-order chi connectivity index (χ1) is 22.5. The number of morpholine rings is 1. The van der Waals surface area contributed by atoms with E-state index in [-0.39, 0.29) is 23.7 Å². The van der Waals surface area contributed by atoms with E-state index in [0.29, 0.717) is 0 Å². The molecule has 6 rings (SSSR count). The van der Waals surface area contributed by atoms with Gasteiger partial charge in [-0.2, -0.15) is 0 Å². The van der Waals surface area contributed by atoms with Gasteiger partial charge in [0.25, 0.3) is 5.91 Å². The Morgan fingerprint density at radius 1 is 0.935 bits per heavy atom. The standard InChI is InChI=1S/C38H43N3O5/c1-4-27-11-10-12-28(5-2)34(27)40-36(42)32-31-19-20-38(46-31,33(32)37(43)45-6-3)35(39-30-13-8-7-9-14-30)29-17-15-26(16-18-29)25-41-21-23-44-24-22-41/h7-20,31,35,39H,4-6,21-25H2,1-3H3,(H,40,42)/t31-,35+,38+/m0/s1. The van der Waals surface area contributed by atoms with Crippen molar-refractivity contribution >= 4 is 23.3 Å². The summed E-state index contributed by atoms with van der Waals surface area (Å²) < 4.78 is 17.9. The van der Waals surface area contributed by atoms with E-state index in [4.69, 9.17) is 14.2 Å². The van der Waals surface area contributed by atoms with Crippen LogP contribution in [0.1, 0.15) is 49.1 Å². The topological polar surface area (TPSA) is 89.1 Å². The van der Waals surface area contributed by atoms with Gasteiger partial charge < -0.3 is 24.8 Å². The van der Waals surface area contributed by atoms with E-state index in [2.05, 4.69) is 53.6 Å². The van der Waals surface area contributed by atoms with Crippen LogP contribution in [-0.2, 0) is 43.2 Å². The molecular formula is C38H43N3O5. The number of hydrogen-bond donors (Lipinski definition) is 2. The molecule has 3 aliphatic heterocycles. The highest BCUT2D eigenvalue weighted by atomic mass is 16.5. The van der Waals surface area contributed by atoms with Crippen molar-refractivity contribution in [3.05, 3.63) is 118 Å². The Balaban J connectivity index is 1.41. The predicted octanol–water partition coefficient (Wildman–Crippen LogP) is 6.00. The van der Waals surface area contributed by atoms with E-state index in [1.807, 2.05) is 60.7 Å². The van der Waals surface area contributed by atoms with E-state index in [9.17, 15) is 9.59 Å². The highest BCUT2D eigenvalue weighted by Crippen LogP contribution is 2.51. The summed E-state index contributed by atoms with van der Waals surface area (Å²) in [4.78, 5) is 30.5. The van der Waals surface area contributed by atoms with Gasteiger partial charge in [-0.3, -0.25) is 9.69 Å². The number of rotatable bonds is 12. The molecule has 8 nitrogen and oxygen atoms in total. The minimum atomic E-state index is -1.27. The number of nitrogens with one attached hydrogen (secondary N) is 2. The highest BCUT2D eigenvalue weighted by molar-refractivity contribution is 6.13. The maximum atomic E-state index is 14.2. The van der Waals surface area contributed by atoms with Gasteiger partial charge in [-0.15, -0.1) is 0 Å². The summed E-state index contributed by atoms with van der Waals surface area (Å²) in [6, 6.07) is 23.8. The van der Waals surface area contributed by atoms with Crippen molar-refractivity contribution in [2.75, 3.05) is 43.5 Å². The number of nitrogens with zero attached hydrogens (tertiary/aromatic N) is 1. The van der Waals surface area contributed by atoms with E-state index in [1.54, 1.807) is 6.92 Å². The smallest absolute Gasteiger partial charge is 0.337 e. The lowest BCUT2D eigenvalue weighted by atomic mass is 9.78. The van der Waals surface area contributed by atoms with Gasteiger partial charge in [-0.1, -0.05) is 80.6 Å². The van der Waals surface area contributed by atoms with Gasteiger partial charge in [-0.05, 0) is 60.2 Å². The molecule has 3 aromatic carbocycles. The van der Waals surface area contributed by atoms with Crippen molar-refractivity contribution in [1.82, 2.24) is 4.90 Å². The summed E-state index contributed by atoms with van der Waals surface area (Å²) in [6.45, 7) is 10.2. The molecule has 1 fully saturated rings. The number of esters is 1. The van der Waals surface area contributed by atoms with Crippen LogP contribution in [0.3, 0.4) is 0 Å². The number of para-hydroxylation sites is 2. The Hall–Kier alpha value is -4.24. The second kappa shape index (κ2) is 14.0. The minimum absolute atomic E-state index is 0.174. The van der Waals surface area contributed by atoms with Gasteiger partial charge in [0.2, 0.25) is 0 Å². The van der Waals surface area contributed by atoms with Crippen LogP contribution in [0.25, 0.3) is 0 Å². The van der Waals surface area contributed by atoms with Gasteiger partial charge in [0.15, 0.2) is 0 Å². The van der Waals surface area contributed by atoms with Crippen LogP contribution in [0.15, 0.2) is 96.1 Å². The van der Waals surface area contributed by atoms with Gasteiger partial charge in [0.1, 0.15) is 11.7 Å². The molecule has 1 saturated heterocycles. The number of carbonyl (C=O) groups is 2. The van der Waals surface area contributed by atoms with Gasteiger partial charge >= 0.3 is 5.97 Å². The third-order valence-electron chi connectivity index (χ3n) is 9.08. The first-order valence-electron chi connectivity index (χ1n) is 16.4. The van der Waals surface area contributed by atoms with Crippen LogP contribution < -0.4 is 10.6 Å². The number of benzene rings is 3. The summed E-state index contributed by atoms with van der Waals surface area (Å²) >= 11 is 0. The quantitative estimate of drug-likeness (QED) is 0.189. The third kappa shape index (κ3) is 6.25. The second-order valence-electron chi connectivity index (χ2n) is 11.9. The fraction of sp³-hybridized carbons (Fsp3) is 0.368. The Bertz CT molecular complexity index is 1590. The Labute approximate surface area is 271 Å². The zero-order chi connectivity index (χ0) is 32.1. The molecule has 0 spiro atoms.